The molecule has 4 aromatic rings. The van der Waals surface area contributed by atoms with Crippen LogP contribution in [0.25, 0.3) is 17.2 Å². The van der Waals surface area contributed by atoms with Gasteiger partial charge in [-0.15, -0.1) is 0 Å². The summed E-state index contributed by atoms with van der Waals surface area (Å²) in [5.74, 6) is 1.77. The van der Waals surface area contributed by atoms with E-state index in [-0.39, 0.29) is 0 Å². The topological polar surface area (TPSA) is 40.6 Å². The smallest absolute Gasteiger partial charge is 0.225 e. The van der Waals surface area contributed by atoms with E-state index in [1.807, 2.05) is 104 Å². The van der Waals surface area contributed by atoms with E-state index in [4.69, 9.17) is 19.2 Å². The van der Waals surface area contributed by atoms with Gasteiger partial charge in [0.1, 0.15) is 19.0 Å². The summed E-state index contributed by atoms with van der Waals surface area (Å²) in [6.07, 6.45) is 1.81. The van der Waals surface area contributed by atoms with Crippen molar-refractivity contribution in [3.8, 4) is 28.6 Å². The van der Waals surface area contributed by atoms with E-state index in [0.29, 0.717) is 31.6 Å². The van der Waals surface area contributed by atoms with Crippen LogP contribution in [0.3, 0.4) is 0 Å². The Morgan fingerprint density at radius 1 is 0.727 bits per heavy atom. The molecule has 4 rings (SSSR count). The largest absolute Gasteiger partial charge is 0.493 e. The SMILES string of the molecule is C=Cc1ccc(OCC)c(-c2ccc(OCc3ccccc3)nc2OCc2ccccc2)c1. The molecule has 166 valence electrons. The molecule has 4 nitrogen and oxygen atoms in total. The summed E-state index contributed by atoms with van der Waals surface area (Å²) >= 11 is 0. The molecule has 0 saturated carbocycles. The zero-order valence-electron chi connectivity index (χ0n) is 18.7. The highest BCUT2D eigenvalue weighted by atomic mass is 16.5. The van der Waals surface area contributed by atoms with Gasteiger partial charge in [0.2, 0.25) is 11.8 Å². The van der Waals surface area contributed by atoms with Gasteiger partial charge in [0.15, 0.2) is 0 Å². The summed E-state index contributed by atoms with van der Waals surface area (Å²) in [7, 11) is 0. The third-order valence-corrected chi connectivity index (χ3v) is 5.11. The van der Waals surface area contributed by atoms with Crippen molar-refractivity contribution in [1.82, 2.24) is 4.98 Å². The first-order valence-electron chi connectivity index (χ1n) is 11.0. The number of benzene rings is 3. The summed E-state index contributed by atoms with van der Waals surface area (Å²) in [5, 5.41) is 0. The van der Waals surface area contributed by atoms with Gasteiger partial charge >= 0.3 is 0 Å². The van der Waals surface area contributed by atoms with Crippen LogP contribution < -0.4 is 14.2 Å². The van der Waals surface area contributed by atoms with E-state index in [9.17, 15) is 0 Å². The number of hydrogen-bond donors (Lipinski definition) is 0. The average Bonchev–Trinajstić information content (AvgIpc) is 2.88. The fourth-order valence-electron chi connectivity index (χ4n) is 3.44. The quantitative estimate of drug-likeness (QED) is 0.269. The normalized spacial score (nSPS) is 10.5. The standard InChI is InChI=1S/C29H27NO3/c1-3-22-15-17-27(31-4-2)26(19-22)25-16-18-28(32-20-23-11-7-5-8-12-23)30-29(25)33-21-24-13-9-6-10-14-24/h3,5-19H,1,4,20-21H2,2H3. The van der Waals surface area contributed by atoms with Gasteiger partial charge in [-0.25, -0.2) is 0 Å². The molecule has 0 amide bonds. The second-order valence-electron chi connectivity index (χ2n) is 7.44. The molecular weight excluding hydrogens is 410 g/mol. The first-order chi connectivity index (χ1) is 16.3. The van der Waals surface area contributed by atoms with Crippen LogP contribution in [-0.4, -0.2) is 11.6 Å². The summed E-state index contributed by atoms with van der Waals surface area (Å²) in [6.45, 7) is 7.26. The van der Waals surface area contributed by atoms with Crippen LogP contribution in [0.1, 0.15) is 23.6 Å². The molecule has 0 bridgehead atoms. The van der Waals surface area contributed by atoms with E-state index in [1.54, 1.807) is 0 Å². The summed E-state index contributed by atoms with van der Waals surface area (Å²) in [4.78, 5) is 4.71. The Morgan fingerprint density at radius 3 is 2.03 bits per heavy atom. The number of nitrogens with zero attached hydrogens (tertiary/aromatic N) is 1. The molecule has 3 aromatic carbocycles. The van der Waals surface area contributed by atoms with E-state index in [2.05, 4.69) is 6.58 Å². The molecular formula is C29H27NO3. The Balaban J connectivity index is 1.68. The molecule has 0 aliphatic rings. The van der Waals surface area contributed by atoms with Gasteiger partial charge < -0.3 is 14.2 Å². The van der Waals surface area contributed by atoms with Crippen LogP contribution in [0.2, 0.25) is 0 Å². The minimum Gasteiger partial charge on any atom is -0.493 e. The predicted octanol–water partition coefficient (Wildman–Crippen LogP) is 6.95. The zero-order chi connectivity index (χ0) is 22.9. The molecule has 0 N–H and O–H groups in total. The first-order valence-corrected chi connectivity index (χ1v) is 11.0. The molecule has 0 fully saturated rings. The summed E-state index contributed by atoms with van der Waals surface area (Å²) in [5.41, 5.74) is 4.87. The van der Waals surface area contributed by atoms with Crippen LogP contribution in [0.5, 0.6) is 17.5 Å². The maximum absolute atomic E-state index is 6.20. The van der Waals surface area contributed by atoms with Crippen molar-refractivity contribution in [3.05, 3.63) is 114 Å². The fraction of sp³-hybridized carbons (Fsp3) is 0.138. The van der Waals surface area contributed by atoms with Crippen LogP contribution >= 0.6 is 0 Å². The van der Waals surface area contributed by atoms with Crippen molar-refractivity contribution in [2.75, 3.05) is 6.61 Å². The molecule has 0 spiro atoms. The second-order valence-corrected chi connectivity index (χ2v) is 7.44. The number of aromatic nitrogens is 1. The van der Waals surface area contributed by atoms with E-state index < -0.39 is 0 Å². The molecule has 1 aromatic heterocycles. The van der Waals surface area contributed by atoms with Gasteiger partial charge in [-0.2, -0.15) is 4.98 Å². The maximum atomic E-state index is 6.20. The number of pyridine rings is 1. The minimum absolute atomic E-state index is 0.397. The molecule has 0 aliphatic carbocycles. The van der Waals surface area contributed by atoms with Crippen molar-refractivity contribution >= 4 is 6.08 Å². The van der Waals surface area contributed by atoms with Gasteiger partial charge in [0.05, 0.1) is 6.61 Å². The van der Waals surface area contributed by atoms with Crippen molar-refractivity contribution < 1.29 is 14.2 Å². The molecule has 0 aliphatic heterocycles. The molecule has 0 saturated heterocycles. The highest BCUT2D eigenvalue weighted by Gasteiger charge is 2.16. The van der Waals surface area contributed by atoms with Gasteiger partial charge in [-0.05, 0) is 41.8 Å². The zero-order valence-corrected chi connectivity index (χ0v) is 18.7. The van der Waals surface area contributed by atoms with Crippen molar-refractivity contribution in [2.45, 2.75) is 20.1 Å². The van der Waals surface area contributed by atoms with E-state index >= 15 is 0 Å². The fourth-order valence-corrected chi connectivity index (χ4v) is 3.44. The van der Waals surface area contributed by atoms with Crippen LogP contribution in [0, 0.1) is 0 Å². The highest BCUT2D eigenvalue weighted by Crippen LogP contribution is 2.38. The lowest BCUT2D eigenvalue weighted by Gasteiger charge is -2.16. The van der Waals surface area contributed by atoms with Gasteiger partial charge in [0.25, 0.3) is 0 Å². The number of ether oxygens (including phenoxy) is 3. The second kappa shape index (κ2) is 11.0. The Bertz CT molecular complexity index is 1190. The monoisotopic (exact) mass is 437 g/mol. The Labute approximate surface area is 195 Å². The number of rotatable bonds is 10. The van der Waals surface area contributed by atoms with Crippen LogP contribution in [0.15, 0.2) is 97.6 Å². The van der Waals surface area contributed by atoms with Crippen LogP contribution in [-0.2, 0) is 13.2 Å². The molecule has 1 heterocycles. The molecule has 0 unspecified atom stereocenters. The predicted molar refractivity (Wildman–Crippen MR) is 132 cm³/mol. The van der Waals surface area contributed by atoms with Gasteiger partial charge in [-0.1, -0.05) is 79.4 Å². The minimum atomic E-state index is 0.397. The Morgan fingerprint density at radius 2 is 1.39 bits per heavy atom. The van der Waals surface area contributed by atoms with Crippen molar-refractivity contribution in [1.29, 1.82) is 0 Å². The van der Waals surface area contributed by atoms with E-state index in [1.165, 1.54) is 0 Å². The summed E-state index contributed by atoms with van der Waals surface area (Å²) in [6, 6.07) is 29.9. The lowest BCUT2D eigenvalue weighted by molar-refractivity contribution is 0.268. The first kappa shape index (κ1) is 22.2. The Hall–Kier alpha value is -4.05. The van der Waals surface area contributed by atoms with Crippen molar-refractivity contribution in [2.24, 2.45) is 0 Å². The van der Waals surface area contributed by atoms with Gasteiger partial charge in [-0.3, -0.25) is 0 Å². The average molecular weight is 438 g/mol. The molecule has 33 heavy (non-hydrogen) atoms. The maximum Gasteiger partial charge on any atom is 0.225 e. The Kier molecular flexibility index (Phi) is 7.39. The van der Waals surface area contributed by atoms with E-state index in [0.717, 1.165) is 33.6 Å². The molecule has 4 heteroatoms. The summed E-state index contributed by atoms with van der Waals surface area (Å²) < 4.78 is 18.1. The van der Waals surface area contributed by atoms with Crippen LogP contribution in [0.4, 0.5) is 0 Å². The lowest BCUT2D eigenvalue weighted by atomic mass is 10.0. The third kappa shape index (κ3) is 5.80. The number of hydrogen-bond acceptors (Lipinski definition) is 4. The lowest BCUT2D eigenvalue weighted by Crippen LogP contribution is -2.03. The molecule has 0 radical (unpaired) electrons. The van der Waals surface area contributed by atoms with Gasteiger partial charge in [0, 0.05) is 17.2 Å². The highest BCUT2D eigenvalue weighted by molar-refractivity contribution is 5.77. The third-order valence-electron chi connectivity index (χ3n) is 5.11. The van der Waals surface area contributed by atoms with Crippen molar-refractivity contribution in [3.63, 3.8) is 0 Å². The molecule has 0 atom stereocenters.